The van der Waals surface area contributed by atoms with Gasteiger partial charge in [-0.15, -0.1) is 0 Å². The van der Waals surface area contributed by atoms with Crippen LogP contribution in [0.3, 0.4) is 0 Å². The van der Waals surface area contributed by atoms with Crippen molar-refractivity contribution in [1.29, 1.82) is 0 Å². The Labute approximate surface area is 149 Å². The fourth-order valence-electron chi connectivity index (χ4n) is 3.60. The van der Waals surface area contributed by atoms with Crippen LogP contribution >= 0.6 is 0 Å². The van der Waals surface area contributed by atoms with Crippen molar-refractivity contribution in [3.8, 4) is 0 Å². The molecule has 0 bridgehead atoms. The number of morpholine rings is 1. The normalized spacial score (nSPS) is 20.0. The summed E-state index contributed by atoms with van der Waals surface area (Å²) in [4.78, 5) is 27.5. The van der Waals surface area contributed by atoms with Crippen molar-refractivity contribution >= 4 is 11.9 Å². The third-order valence-corrected chi connectivity index (χ3v) is 5.19. The van der Waals surface area contributed by atoms with Gasteiger partial charge in [0.15, 0.2) is 0 Å². The molecule has 2 saturated heterocycles. The van der Waals surface area contributed by atoms with E-state index in [1.807, 2.05) is 18.0 Å². The number of nitrogens with zero attached hydrogens (tertiary/aromatic N) is 2. The van der Waals surface area contributed by atoms with Crippen LogP contribution in [0.2, 0.25) is 0 Å². The molecule has 0 aromatic heterocycles. The lowest BCUT2D eigenvalue weighted by atomic mass is 9.89. The number of carbonyl (C=O) groups is 2. The molecule has 1 aromatic rings. The zero-order chi connectivity index (χ0) is 17.9. The van der Waals surface area contributed by atoms with E-state index >= 15 is 0 Å². The minimum absolute atomic E-state index is 0.0113. The summed E-state index contributed by atoms with van der Waals surface area (Å²) < 4.78 is 5.82. The second-order valence-electron chi connectivity index (χ2n) is 7.18. The minimum Gasteiger partial charge on any atom is -0.363 e. The molecule has 2 heterocycles. The third-order valence-electron chi connectivity index (χ3n) is 5.19. The summed E-state index contributed by atoms with van der Waals surface area (Å²) in [6.07, 6.45) is 2.38. The quantitative estimate of drug-likeness (QED) is 0.905. The van der Waals surface area contributed by atoms with Crippen molar-refractivity contribution in [1.82, 2.24) is 15.1 Å². The summed E-state index contributed by atoms with van der Waals surface area (Å²) in [5.41, 5.74) is 2.20. The van der Waals surface area contributed by atoms with Gasteiger partial charge in [-0.05, 0) is 31.7 Å². The Morgan fingerprint density at radius 3 is 2.76 bits per heavy atom. The van der Waals surface area contributed by atoms with Gasteiger partial charge in [0.25, 0.3) is 0 Å². The van der Waals surface area contributed by atoms with Gasteiger partial charge in [0, 0.05) is 33.2 Å². The van der Waals surface area contributed by atoms with Crippen molar-refractivity contribution in [2.45, 2.75) is 31.8 Å². The van der Waals surface area contributed by atoms with E-state index < -0.39 is 0 Å². The Morgan fingerprint density at radius 1 is 1.32 bits per heavy atom. The minimum atomic E-state index is -0.277. The molecule has 1 N–H and O–H groups in total. The lowest BCUT2D eigenvalue weighted by Gasteiger charge is -2.46. The molecule has 0 atom stereocenters. The zero-order valence-electron chi connectivity index (χ0n) is 15.1. The van der Waals surface area contributed by atoms with Crippen LogP contribution < -0.4 is 5.32 Å². The fraction of sp³-hybridized carbons (Fsp3) is 0.579. The highest BCUT2D eigenvalue weighted by Gasteiger charge is 2.41. The van der Waals surface area contributed by atoms with E-state index in [1.54, 1.807) is 4.90 Å². The molecule has 0 saturated carbocycles. The van der Waals surface area contributed by atoms with E-state index in [9.17, 15) is 9.59 Å². The molecule has 0 unspecified atom stereocenters. The predicted molar refractivity (Wildman–Crippen MR) is 95.4 cm³/mol. The molecule has 3 amide bonds. The number of hydrogen-bond acceptors (Lipinski definition) is 3. The van der Waals surface area contributed by atoms with E-state index in [2.05, 4.69) is 30.4 Å². The van der Waals surface area contributed by atoms with Crippen molar-refractivity contribution in [2.75, 3.05) is 39.8 Å². The molecule has 6 nitrogen and oxygen atoms in total. The van der Waals surface area contributed by atoms with Gasteiger partial charge in [0.05, 0.1) is 5.60 Å². The molecule has 2 aliphatic heterocycles. The van der Waals surface area contributed by atoms with Crippen LogP contribution in [0.5, 0.6) is 0 Å². The maximum absolute atomic E-state index is 12.4. The van der Waals surface area contributed by atoms with Crippen molar-refractivity contribution in [3.63, 3.8) is 0 Å². The average Bonchev–Trinajstić information content (AvgIpc) is 2.59. The average molecular weight is 345 g/mol. The summed E-state index contributed by atoms with van der Waals surface area (Å²) in [5.74, 6) is 0.0296. The Balaban J connectivity index is 1.43. The van der Waals surface area contributed by atoms with Crippen LogP contribution in [0.1, 0.15) is 24.0 Å². The predicted octanol–water partition coefficient (Wildman–Crippen LogP) is 1.57. The first kappa shape index (κ1) is 17.7. The molecule has 136 valence electrons. The number of nitrogens with one attached hydrogen (secondary N) is 1. The van der Waals surface area contributed by atoms with E-state index in [0.717, 1.165) is 19.3 Å². The summed E-state index contributed by atoms with van der Waals surface area (Å²) in [7, 11) is 1.82. The van der Waals surface area contributed by atoms with Gasteiger partial charge < -0.3 is 19.9 Å². The van der Waals surface area contributed by atoms with Crippen molar-refractivity contribution < 1.29 is 14.3 Å². The summed E-state index contributed by atoms with van der Waals surface area (Å²) >= 11 is 0. The highest BCUT2D eigenvalue weighted by Crippen LogP contribution is 2.29. The first-order valence-corrected chi connectivity index (χ1v) is 8.94. The molecule has 1 spiro atoms. The van der Waals surface area contributed by atoms with Gasteiger partial charge in [0.2, 0.25) is 5.91 Å². The van der Waals surface area contributed by atoms with Gasteiger partial charge in [-0.25, -0.2) is 4.79 Å². The monoisotopic (exact) mass is 345 g/mol. The first-order valence-electron chi connectivity index (χ1n) is 8.94. The van der Waals surface area contributed by atoms with Gasteiger partial charge in [-0.2, -0.15) is 0 Å². The number of amides is 3. The van der Waals surface area contributed by atoms with Crippen molar-refractivity contribution in [2.24, 2.45) is 0 Å². The maximum atomic E-state index is 12.4. The fourth-order valence-corrected chi connectivity index (χ4v) is 3.60. The summed E-state index contributed by atoms with van der Waals surface area (Å²) in [5, 5.41) is 3.01. The van der Waals surface area contributed by atoms with Crippen LogP contribution in [-0.4, -0.2) is 67.2 Å². The molecular weight excluding hydrogens is 318 g/mol. The highest BCUT2D eigenvalue weighted by molar-refractivity contribution is 5.78. The van der Waals surface area contributed by atoms with E-state index in [1.165, 1.54) is 11.1 Å². The maximum Gasteiger partial charge on any atom is 0.317 e. The van der Waals surface area contributed by atoms with Crippen molar-refractivity contribution in [3.05, 3.63) is 35.4 Å². The number of hydrogen-bond donors (Lipinski definition) is 1. The first-order chi connectivity index (χ1) is 12.0. The number of piperidine rings is 1. The standard InChI is InChI=1S/C19H27N3O3/c1-15-4-3-5-16(12-15)6-9-20-18(24)22-10-7-19(8-11-22)14-21(2)17(23)13-25-19/h3-5,12H,6-11,13-14H2,1-2H3,(H,20,24). The zero-order valence-corrected chi connectivity index (χ0v) is 15.1. The Kier molecular flexibility index (Phi) is 5.27. The lowest BCUT2D eigenvalue weighted by Crippen LogP contribution is -2.59. The second-order valence-corrected chi connectivity index (χ2v) is 7.18. The van der Waals surface area contributed by atoms with Gasteiger partial charge in [-0.3, -0.25) is 4.79 Å². The molecule has 0 aliphatic carbocycles. The summed E-state index contributed by atoms with van der Waals surface area (Å²) in [6.45, 7) is 4.81. The third kappa shape index (κ3) is 4.31. The largest absolute Gasteiger partial charge is 0.363 e. The number of urea groups is 1. The van der Waals surface area contributed by atoms with Gasteiger partial charge >= 0.3 is 6.03 Å². The van der Waals surface area contributed by atoms with E-state index in [-0.39, 0.29) is 24.1 Å². The van der Waals surface area contributed by atoms with Crippen LogP contribution in [0.25, 0.3) is 0 Å². The molecule has 2 fully saturated rings. The SMILES string of the molecule is Cc1cccc(CCNC(=O)N2CCC3(CC2)CN(C)C(=O)CO3)c1. The van der Waals surface area contributed by atoms with Crippen LogP contribution in [0.4, 0.5) is 4.79 Å². The number of rotatable bonds is 3. The molecule has 2 aliphatic rings. The number of likely N-dealkylation sites (N-methyl/N-ethyl adjacent to an activating group) is 1. The molecule has 25 heavy (non-hydrogen) atoms. The number of likely N-dealkylation sites (tertiary alicyclic amines) is 1. The molecule has 6 heteroatoms. The molecular formula is C19H27N3O3. The van der Waals surface area contributed by atoms with Crippen LogP contribution in [-0.2, 0) is 16.0 Å². The molecule has 3 rings (SSSR count). The lowest BCUT2D eigenvalue weighted by molar-refractivity contribution is -0.167. The van der Waals surface area contributed by atoms with E-state index in [4.69, 9.17) is 4.74 Å². The Morgan fingerprint density at radius 2 is 2.08 bits per heavy atom. The molecule has 0 radical (unpaired) electrons. The summed E-state index contributed by atoms with van der Waals surface area (Å²) in [6, 6.07) is 8.34. The smallest absolute Gasteiger partial charge is 0.317 e. The highest BCUT2D eigenvalue weighted by atomic mass is 16.5. The number of aryl methyl sites for hydroxylation is 1. The Hall–Kier alpha value is -2.08. The van der Waals surface area contributed by atoms with Gasteiger partial charge in [-0.1, -0.05) is 29.8 Å². The Bertz CT molecular complexity index is 639. The topological polar surface area (TPSA) is 61.9 Å². The molecule has 1 aromatic carbocycles. The second kappa shape index (κ2) is 7.44. The van der Waals surface area contributed by atoms with Gasteiger partial charge in [0.1, 0.15) is 6.61 Å². The van der Waals surface area contributed by atoms with Crippen LogP contribution in [0.15, 0.2) is 24.3 Å². The number of carbonyl (C=O) groups excluding carboxylic acids is 2. The number of benzene rings is 1. The van der Waals surface area contributed by atoms with E-state index in [0.29, 0.717) is 26.2 Å². The van der Waals surface area contributed by atoms with Crippen LogP contribution in [0, 0.1) is 6.92 Å². The number of ether oxygens (including phenoxy) is 1.